The van der Waals surface area contributed by atoms with Crippen LogP contribution in [0.4, 0.5) is 0 Å². The summed E-state index contributed by atoms with van der Waals surface area (Å²) in [5, 5.41) is 6.42. The molecule has 0 aliphatic rings. The fraction of sp³-hybridized carbons (Fsp3) is 0.417. The summed E-state index contributed by atoms with van der Waals surface area (Å²) in [5.74, 6) is 0.468. The molecular formula is C12H15ClN2. The third-order valence-corrected chi connectivity index (χ3v) is 3.14. The van der Waals surface area contributed by atoms with Gasteiger partial charge in [0, 0.05) is 23.7 Å². The van der Waals surface area contributed by atoms with Gasteiger partial charge in [-0.2, -0.15) is 5.10 Å². The first-order valence-corrected chi connectivity index (χ1v) is 5.51. The molecule has 15 heavy (non-hydrogen) atoms. The van der Waals surface area contributed by atoms with Gasteiger partial charge in [-0.3, -0.25) is 4.68 Å². The van der Waals surface area contributed by atoms with E-state index in [1.54, 1.807) is 0 Å². The summed E-state index contributed by atoms with van der Waals surface area (Å²) in [7, 11) is 1.94. The van der Waals surface area contributed by atoms with Gasteiger partial charge < -0.3 is 0 Å². The molecule has 3 heteroatoms. The normalized spacial score (nSPS) is 11.6. The minimum absolute atomic E-state index is 0.468. The Morgan fingerprint density at radius 2 is 2.07 bits per heavy atom. The molecule has 2 nitrogen and oxygen atoms in total. The standard InChI is InChI=1S/C12H15ClN2/c1-7(2)12-8(3)10(13)5-11-9(12)6-15(4)14-11/h5-7H,1-4H3. The van der Waals surface area contributed by atoms with E-state index in [-0.39, 0.29) is 0 Å². The van der Waals surface area contributed by atoms with Crippen molar-refractivity contribution in [2.75, 3.05) is 0 Å². The van der Waals surface area contributed by atoms with Crippen LogP contribution in [0.3, 0.4) is 0 Å². The Morgan fingerprint density at radius 3 is 2.67 bits per heavy atom. The molecule has 0 N–H and O–H groups in total. The summed E-state index contributed by atoms with van der Waals surface area (Å²) in [4.78, 5) is 0. The molecule has 0 atom stereocenters. The summed E-state index contributed by atoms with van der Waals surface area (Å²) in [6.45, 7) is 6.44. The second-order valence-electron chi connectivity index (χ2n) is 4.29. The molecule has 0 spiro atoms. The molecule has 80 valence electrons. The maximum atomic E-state index is 6.20. The van der Waals surface area contributed by atoms with Crippen LogP contribution in [-0.4, -0.2) is 9.78 Å². The van der Waals surface area contributed by atoms with E-state index in [4.69, 9.17) is 11.6 Å². The number of hydrogen-bond donors (Lipinski definition) is 0. The van der Waals surface area contributed by atoms with Gasteiger partial charge in [-0.05, 0) is 30.0 Å². The van der Waals surface area contributed by atoms with Crippen LogP contribution in [0.15, 0.2) is 12.3 Å². The van der Waals surface area contributed by atoms with Crippen molar-refractivity contribution in [2.45, 2.75) is 26.7 Å². The molecule has 1 aromatic carbocycles. The quantitative estimate of drug-likeness (QED) is 0.720. The molecule has 1 aromatic heterocycles. The Labute approximate surface area is 94.8 Å². The molecule has 2 aromatic rings. The van der Waals surface area contributed by atoms with E-state index in [2.05, 4.69) is 32.1 Å². The molecule has 0 aliphatic heterocycles. The number of fused-ring (bicyclic) bond motifs is 1. The number of halogens is 1. The summed E-state index contributed by atoms with van der Waals surface area (Å²) in [6.07, 6.45) is 2.06. The van der Waals surface area contributed by atoms with Gasteiger partial charge in [-0.25, -0.2) is 0 Å². The van der Waals surface area contributed by atoms with Crippen molar-refractivity contribution in [1.29, 1.82) is 0 Å². The molecule has 0 saturated carbocycles. The van der Waals surface area contributed by atoms with E-state index in [0.29, 0.717) is 5.92 Å². The van der Waals surface area contributed by atoms with Crippen LogP contribution in [0, 0.1) is 6.92 Å². The van der Waals surface area contributed by atoms with E-state index in [9.17, 15) is 0 Å². The molecule has 0 amide bonds. The molecule has 0 unspecified atom stereocenters. The Morgan fingerprint density at radius 1 is 1.40 bits per heavy atom. The maximum absolute atomic E-state index is 6.20. The highest BCUT2D eigenvalue weighted by Gasteiger charge is 2.13. The summed E-state index contributed by atoms with van der Waals surface area (Å²) in [5.41, 5.74) is 3.47. The van der Waals surface area contributed by atoms with Gasteiger partial charge in [0.15, 0.2) is 0 Å². The Kier molecular flexibility index (Phi) is 2.47. The van der Waals surface area contributed by atoms with Gasteiger partial charge in [0.2, 0.25) is 0 Å². The molecule has 2 rings (SSSR count). The average Bonchev–Trinajstić information content (AvgIpc) is 2.46. The Balaban J connectivity index is 2.88. The highest BCUT2D eigenvalue weighted by molar-refractivity contribution is 6.32. The summed E-state index contributed by atoms with van der Waals surface area (Å²) in [6, 6.07) is 1.94. The lowest BCUT2D eigenvalue weighted by molar-refractivity contribution is 0.779. The van der Waals surface area contributed by atoms with E-state index < -0.39 is 0 Å². The monoisotopic (exact) mass is 222 g/mol. The van der Waals surface area contributed by atoms with Crippen LogP contribution in [0.5, 0.6) is 0 Å². The van der Waals surface area contributed by atoms with Crippen LogP contribution >= 0.6 is 11.6 Å². The first-order valence-electron chi connectivity index (χ1n) is 5.13. The second kappa shape index (κ2) is 3.53. The minimum atomic E-state index is 0.468. The van der Waals surface area contributed by atoms with Crippen molar-refractivity contribution >= 4 is 22.5 Å². The molecule has 0 fully saturated rings. The summed E-state index contributed by atoms with van der Waals surface area (Å²) < 4.78 is 1.84. The number of rotatable bonds is 1. The Bertz CT molecular complexity index is 512. The van der Waals surface area contributed by atoms with E-state index in [1.165, 1.54) is 16.5 Å². The summed E-state index contributed by atoms with van der Waals surface area (Å²) >= 11 is 6.20. The lowest BCUT2D eigenvalue weighted by Crippen LogP contribution is -1.93. The van der Waals surface area contributed by atoms with Crippen LogP contribution in [0.1, 0.15) is 30.9 Å². The molecule has 1 heterocycles. The number of aromatic nitrogens is 2. The lowest BCUT2D eigenvalue weighted by Gasteiger charge is -2.12. The van der Waals surface area contributed by atoms with Gasteiger partial charge in [0.25, 0.3) is 0 Å². The number of benzene rings is 1. The van der Waals surface area contributed by atoms with E-state index >= 15 is 0 Å². The van der Waals surface area contributed by atoms with Gasteiger partial charge in [0.1, 0.15) is 0 Å². The topological polar surface area (TPSA) is 17.8 Å². The van der Waals surface area contributed by atoms with Gasteiger partial charge >= 0.3 is 0 Å². The Hall–Kier alpha value is -1.02. The predicted molar refractivity (Wildman–Crippen MR) is 64.6 cm³/mol. The molecule has 0 saturated heterocycles. The largest absolute Gasteiger partial charge is 0.275 e. The van der Waals surface area contributed by atoms with Crippen LogP contribution in [-0.2, 0) is 7.05 Å². The van der Waals surface area contributed by atoms with Crippen LogP contribution < -0.4 is 0 Å². The van der Waals surface area contributed by atoms with Gasteiger partial charge in [0.05, 0.1) is 5.52 Å². The van der Waals surface area contributed by atoms with Crippen molar-refractivity contribution in [1.82, 2.24) is 9.78 Å². The fourth-order valence-corrected chi connectivity index (χ4v) is 2.33. The maximum Gasteiger partial charge on any atom is 0.0941 e. The van der Waals surface area contributed by atoms with Crippen molar-refractivity contribution in [3.8, 4) is 0 Å². The zero-order valence-electron chi connectivity index (χ0n) is 9.50. The minimum Gasteiger partial charge on any atom is -0.275 e. The van der Waals surface area contributed by atoms with Gasteiger partial charge in [-0.15, -0.1) is 0 Å². The van der Waals surface area contributed by atoms with Crippen molar-refractivity contribution in [3.05, 3.63) is 28.4 Å². The smallest absolute Gasteiger partial charge is 0.0941 e. The second-order valence-corrected chi connectivity index (χ2v) is 4.69. The van der Waals surface area contributed by atoms with Crippen LogP contribution in [0.2, 0.25) is 5.02 Å². The zero-order valence-corrected chi connectivity index (χ0v) is 10.3. The zero-order chi connectivity index (χ0) is 11.2. The van der Waals surface area contributed by atoms with Crippen molar-refractivity contribution in [2.24, 2.45) is 7.05 Å². The average molecular weight is 223 g/mol. The van der Waals surface area contributed by atoms with E-state index in [1.807, 2.05) is 17.8 Å². The molecule has 0 bridgehead atoms. The highest BCUT2D eigenvalue weighted by atomic mass is 35.5. The number of hydrogen-bond acceptors (Lipinski definition) is 1. The fourth-order valence-electron chi connectivity index (χ4n) is 2.12. The highest BCUT2D eigenvalue weighted by Crippen LogP contribution is 2.32. The SMILES string of the molecule is Cc1c(Cl)cc2nn(C)cc2c1C(C)C. The number of aryl methyl sites for hydroxylation is 1. The predicted octanol–water partition coefficient (Wildman–Crippen LogP) is 3.66. The first kappa shape index (κ1) is 10.5. The number of nitrogens with zero attached hydrogens (tertiary/aromatic N) is 2. The molecular weight excluding hydrogens is 208 g/mol. The van der Waals surface area contributed by atoms with Crippen molar-refractivity contribution < 1.29 is 0 Å². The third-order valence-electron chi connectivity index (χ3n) is 2.75. The van der Waals surface area contributed by atoms with E-state index in [0.717, 1.165) is 10.5 Å². The van der Waals surface area contributed by atoms with Crippen molar-refractivity contribution in [3.63, 3.8) is 0 Å². The molecule has 0 radical (unpaired) electrons. The molecule has 0 aliphatic carbocycles. The third kappa shape index (κ3) is 1.63. The first-order chi connectivity index (χ1) is 7.00. The van der Waals surface area contributed by atoms with Crippen LogP contribution in [0.25, 0.3) is 10.9 Å². The lowest BCUT2D eigenvalue weighted by atomic mass is 9.94. The van der Waals surface area contributed by atoms with Gasteiger partial charge in [-0.1, -0.05) is 25.4 Å².